The molecular formula is C23H25N5O3S. The van der Waals surface area contributed by atoms with Gasteiger partial charge in [-0.3, -0.25) is 0 Å². The van der Waals surface area contributed by atoms with Crippen LogP contribution in [0.3, 0.4) is 0 Å². The Hall–Kier alpha value is -3.33. The SMILES string of the molecule is CCCn1c(SCc2nc(-c3ccc(OC)cc3OC)no2)nnc1-c1cccc(C)c1. The number of thioether (sulfide) groups is 1. The third-order valence-electron chi connectivity index (χ3n) is 4.88. The van der Waals surface area contributed by atoms with Crippen LogP contribution in [0.15, 0.2) is 52.1 Å². The highest BCUT2D eigenvalue weighted by atomic mass is 32.2. The third kappa shape index (κ3) is 4.62. The van der Waals surface area contributed by atoms with Crippen molar-refractivity contribution in [3.8, 4) is 34.3 Å². The molecule has 8 nitrogen and oxygen atoms in total. The zero-order valence-corrected chi connectivity index (χ0v) is 19.3. The highest BCUT2D eigenvalue weighted by Crippen LogP contribution is 2.32. The summed E-state index contributed by atoms with van der Waals surface area (Å²) in [4.78, 5) is 4.54. The zero-order valence-electron chi connectivity index (χ0n) is 18.5. The van der Waals surface area contributed by atoms with E-state index in [9.17, 15) is 0 Å². The van der Waals surface area contributed by atoms with Gasteiger partial charge in [-0.1, -0.05) is 47.6 Å². The minimum atomic E-state index is 0.468. The molecular weight excluding hydrogens is 426 g/mol. The van der Waals surface area contributed by atoms with Gasteiger partial charge < -0.3 is 18.6 Å². The van der Waals surface area contributed by atoms with Gasteiger partial charge in [-0.25, -0.2) is 0 Å². The molecule has 2 aromatic heterocycles. The lowest BCUT2D eigenvalue weighted by Gasteiger charge is -2.08. The van der Waals surface area contributed by atoms with Crippen molar-refractivity contribution in [2.45, 2.75) is 37.7 Å². The predicted octanol–water partition coefficient (Wildman–Crippen LogP) is 5.02. The van der Waals surface area contributed by atoms with E-state index in [2.05, 4.69) is 57.0 Å². The number of hydrogen-bond acceptors (Lipinski definition) is 8. The van der Waals surface area contributed by atoms with Crippen LogP contribution in [0.25, 0.3) is 22.8 Å². The molecule has 0 saturated heterocycles. The molecule has 0 aliphatic rings. The number of benzene rings is 2. The molecule has 0 bridgehead atoms. The van der Waals surface area contributed by atoms with Crippen molar-refractivity contribution >= 4 is 11.8 Å². The van der Waals surface area contributed by atoms with Crippen molar-refractivity contribution in [1.29, 1.82) is 0 Å². The second-order valence-corrected chi connectivity index (χ2v) is 8.14. The average Bonchev–Trinajstić information content (AvgIpc) is 3.44. The fraction of sp³-hybridized carbons (Fsp3) is 0.304. The van der Waals surface area contributed by atoms with E-state index in [0.717, 1.165) is 35.1 Å². The van der Waals surface area contributed by atoms with E-state index in [0.29, 0.717) is 29.0 Å². The number of hydrogen-bond donors (Lipinski definition) is 0. The van der Waals surface area contributed by atoms with E-state index in [1.165, 1.54) is 17.3 Å². The van der Waals surface area contributed by atoms with Crippen LogP contribution < -0.4 is 9.47 Å². The number of rotatable bonds is 9. The normalized spacial score (nSPS) is 11.0. The van der Waals surface area contributed by atoms with Crippen molar-refractivity contribution < 1.29 is 14.0 Å². The van der Waals surface area contributed by atoms with Crippen LogP contribution >= 0.6 is 11.8 Å². The Morgan fingerprint density at radius 1 is 1.06 bits per heavy atom. The van der Waals surface area contributed by atoms with Gasteiger partial charge in [-0.15, -0.1) is 10.2 Å². The summed E-state index contributed by atoms with van der Waals surface area (Å²) in [6.07, 6.45) is 0.979. The van der Waals surface area contributed by atoms with Crippen molar-refractivity contribution in [1.82, 2.24) is 24.9 Å². The van der Waals surface area contributed by atoms with E-state index in [1.807, 2.05) is 18.2 Å². The average molecular weight is 452 g/mol. The summed E-state index contributed by atoms with van der Waals surface area (Å²) >= 11 is 1.53. The molecule has 32 heavy (non-hydrogen) atoms. The highest BCUT2D eigenvalue weighted by Gasteiger charge is 2.18. The summed E-state index contributed by atoms with van der Waals surface area (Å²) in [6, 6.07) is 13.8. The van der Waals surface area contributed by atoms with Gasteiger partial charge in [-0.2, -0.15) is 4.98 Å². The van der Waals surface area contributed by atoms with Gasteiger partial charge in [0.2, 0.25) is 11.7 Å². The first-order valence-electron chi connectivity index (χ1n) is 10.3. The Labute approximate surface area is 191 Å². The van der Waals surface area contributed by atoms with E-state index in [-0.39, 0.29) is 0 Å². The van der Waals surface area contributed by atoms with Crippen LogP contribution in [0.4, 0.5) is 0 Å². The maximum Gasteiger partial charge on any atom is 0.237 e. The molecule has 4 aromatic rings. The molecule has 0 radical (unpaired) electrons. The van der Waals surface area contributed by atoms with Gasteiger partial charge >= 0.3 is 0 Å². The number of nitrogens with zero attached hydrogens (tertiary/aromatic N) is 5. The maximum atomic E-state index is 5.48. The van der Waals surface area contributed by atoms with E-state index in [1.54, 1.807) is 20.3 Å². The molecule has 4 rings (SSSR count). The smallest absolute Gasteiger partial charge is 0.237 e. The van der Waals surface area contributed by atoms with E-state index >= 15 is 0 Å². The summed E-state index contributed by atoms with van der Waals surface area (Å²) in [6.45, 7) is 5.04. The van der Waals surface area contributed by atoms with Gasteiger partial charge in [0.05, 0.1) is 25.5 Å². The lowest BCUT2D eigenvalue weighted by atomic mass is 10.1. The van der Waals surface area contributed by atoms with Gasteiger partial charge in [-0.05, 0) is 31.5 Å². The molecule has 0 spiro atoms. The van der Waals surface area contributed by atoms with E-state index < -0.39 is 0 Å². The van der Waals surface area contributed by atoms with Crippen LogP contribution in [0.2, 0.25) is 0 Å². The standard InChI is InChI=1S/C23H25N5O3S/c1-5-11-28-22(16-8-6-7-15(2)12-16)25-26-23(28)32-14-20-24-21(27-31-20)18-10-9-17(29-3)13-19(18)30-4/h6-10,12-13H,5,11,14H2,1-4H3. The Morgan fingerprint density at radius 2 is 1.94 bits per heavy atom. The summed E-state index contributed by atoms with van der Waals surface area (Å²) in [5.41, 5.74) is 2.99. The van der Waals surface area contributed by atoms with Crippen LogP contribution in [-0.2, 0) is 12.3 Å². The Morgan fingerprint density at radius 3 is 2.69 bits per heavy atom. The molecule has 0 aliphatic heterocycles. The van der Waals surface area contributed by atoms with E-state index in [4.69, 9.17) is 14.0 Å². The fourth-order valence-corrected chi connectivity index (χ4v) is 4.15. The van der Waals surface area contributed by atoms with Gasteiger partial charge in [0.1, 0.15) is 11.5 Å². The van der Waals surface area contributed by atoms with Crippen molar-refractivity contribution in [2.75, 3.05) is 14.2 Å². The lowest BCUT2D eigenvalue weighted by molar-refractivity contribution is 0.388. The second kappa shape index (κ2) is 9.86. The first-order chi connectivity index (χ1) is 15.6. The monoisotopic (exact) mass is 451 g/mol. The first-order valence-corrected chi connectivity index (χ1v) is 11.3. The number of methoxy groups -OCH3 is 2. The molecule has 9 heteroatoms. The van der Waals surface area contributed by atoms with Crippen LogP contribution in [-0.4, -0.2) is 39.1 Å². The molecule has 166 valence electrons. The third-order valence-corrected chi connectivity index (χ3v) is 5.83. The van der Waals surface area contributed by atoms with Crippen molar-refractivity contribution in [2.24, 2.45) is 0 Å². The number of aryl methyl sites for hydroxylation is 1. The molecule has 0 N–H and O–H groups in total. The largest absolute Gasteiger partial charge is 0.497 e. The molecule has 0 atom stereocenters. The molecule has 2 heterocycles. The Bertz CT molecular complexity index is 1200. The minimum absolute atomic E-state index is 0.468. The molecule has 0 amide bonds. The quantitative estimate of drug-likeness (QED) is 0.328. The number of ether oxygens (including phenoxy) is 2. The number of aromatic nitrogens is 5. The summed E-state index contributed by atoms with van der Waals surface area (Å²) in [5.74, 6) is 3.65. The second-order valence-electron chi connectivity index (χ2n) is 7.19. The van der Waals surface area contributed by atoms with Crippen molar-refractivity contribution in [3.63, 3.8) is 0 Å². The molecule has 0 saturated carbocycles. The zero-order chi connectivity index (χ0) is 22.5. The van der Waals surface area contributed by atoms with Crippen LogP contribution in [0, 0.1) is 6.92 Å². The lowest BCUT2D eigenvalue weighted by Crippen LogP contribution is -2.02. The maximum absolute atomic E-state index is 5.48. The highest BCUT2D eigenvalue weighted by molar-refractivity contribution is 7.98. The Balaban J connectivity index is 1.53. The fourth-order valence-electron chi connectivity index (χ4n) is 3.35. The molecule has 2 aromatic carbocycles. The van der Waals surface area contributed by atoms with Gasteiger partial charge in [0.15, 0.2) is 11.0 Å². The topological polar surface area (TPSA) is 88.1 Å². The predicted molar refractivity (Wildman–Crippen MR) is 123 cm³/mol. The summed E-state index contributed by atoms with van der Waals surface area (Å²) in [5, 5.41) is 13.8. The van der Waals surface area contributed by atoms with Gasteiger partial charge in [0, 0.05) is 18.2 Å². The van der Waals surface area contributed by atoms with Gasteiger partial charge in [0.25, 0.3) is 0 Å². The minimum Gasteiger partial charge on any atom is -0.497 e. The Kier molecular flexibility index (Phi) is 6.75. The summed E-state index contributed by atoms with van der Waals surface area (Å²) in [7, 11) is 3.21. The van der Waals surface area contributed by atoms with Crippen molar-refractivity contribution in [3.05, 3.63) is 53.9 Å². The van der Waals surface area contributed by atoms with Crippen LogP contribution in [0.1, 0.15) is 24.8 Å². The molecule has 0 fully saturated rings. The van der Waals surface area contributed by atoms with Crippen LogP contribution in [0.5, 0.6) is 11.5 Å². The summed E-state index contributed by atoms with van der Waals surface area (Å²) < 4.78 is 18.3. The first kappa shape index (κ1) is 21.9. The molecule has 0 aliphatic carbocycles. The molecule has 0 unspecified atom stereocenters.